The fraction of sp³-hybridized carbons (Fsp3) is 0.375. The molecule has 1 atom stereocenters. The lowest BCUT2D eigenvalue weighted by Crippen LogP contribution is -2.40. The van der Waals surface area contributed by atoms with E-state index in [2.05, 4.69) is 22.0 Å². The van der Waals surface area contributed by atoms with E-state index in [1.54, 1.807) is 23.0 Å². The summed E-state index contributed by atoms with van der Waals surface area (Å²) in [7, 11) is 0. The summed E-state index contributed by atoms with van der Waals surface area (Å²) in [4.78, 5) is 27.7. The van der Waals surface area contributed by atoms with Gasteiger partial charge in [-0.25, -0.2) is 14.5 Å². The molecule has 0 aliphatic carbocycles. The summed E-state index contributed by atoms with van der Waals surface area (Å²) < 4.78 is 1.77. The Morgan fingerprint density at radius 2 is 2.17 bits per heavy atom. The minimum Gasteiger partial charge on any atom is -0.480 e. The van der Waals surface area contributed by atoms with Crippen LogP contribution in [0.4, 0.5) is 0 Å². The lowest BCUT2D eigenvalue weighted by molar-refractivity contribution is -0.139. The molecule has 2 rings (SSSR count). The molecule has 1 unspecified atom stereocenters. The molecule has 0 aliphatic heterocycles. The molecule has 0 radical (unpaired) electrons. The Morgan fingerprint density at radius 1 is 1.43 bits per heavy atom. The van der Waals surface area contributed by atoms with Crippen molar-refractivity contribution in [3.05, 3.63) is 36.7 Å². The van der Waals surface area contributed by atoms with Gasteiger partial charge in [0, 0.05) is 17.6 Å². The topological polar surface area (TPSA) is 97.1 Å². The van der Waals surface area contributed by atoms with Crippen LogP contribution >= 0.6 is 0 Å². The zero-order valence-corrected chi connectivity index (χ0v) is 13.2. The molecule has 0 aliphatic rings. The molecule has 23 heavy (non-hydrogen) atoms. The molecule has 2 N–H and O–H groups in total. The number of rotatable bonds is 7. The van der Waals surface area contributed by atoms with Crippen molar-refractivity contribution in [2.75, 3.05) is 0 Å². The molecule has 122 valence electrons. The number of carboxylic acids is 1. The SMILES string of the molecule is C=CCCC(NC(=O)c1cnc2c(cnn2C(C)C)c1)C(=O)O. The third kappa shape index (κ3) is 3.74. The van der Waals surface area contributed by atoms with Gasteiger partial charge < -0.3 is 10.4 Å². The van der Waals surface area contributed by atoms with E-state index >= 15 is 0 Å². The number of amides is 1. The molecule has 1 amide bonds. The summed E-state index contributed by atoms with van der Waals surface area (Å²) in [5.74, 6) is -1.53. The number of nitrogens with one attached hydrogen (secondary N) is 1. The fourth-order valence-electron chi connectivity index (χ4n) is 2.23. The highest BCUT2D eigenvalue weighted by atomic mass is 16.4. The standard InChI is InChI=1S/C16H20N4O3/c1-4-5-6-13(16(22)23)19-15(21)12-7-11-9-18-20(10(2)3)14(11)17-8-12/h4,7-10,13H,1,5-6H2,2-3H3,(H,19,21)(H,22,23). The molecule has 0 fully saturated rings. The third-order valence-corrected chi connectivity index (χ3v) is 3.45. The Morgan fingerprint density at radius 3 is 2.78 bits per heavy atom. The smallest absolute Gasteiger partial charge is 0.326 e. The number of aromatic nitrogens is 3. The van der Waals surface area contributed by atoms with Crippen LogP contribution in [0.1, 0.15) is 43.1 Å². The number of fused-ring (bicyclic) bond motifs is 1. The highest BCUT2D eigenvalue weighted by Gasteiger charge is 2.20. The molecule has 2 heterocycles. The molecule has 7 heteroatoms. The second kappa shape index (κ2) is 7.04. The number of pyridine rings is 1. The number of carboxylic acid groups (broad SMARTS) is 1. The first-order valence-electron chi connectivity index (χ1n) is 7.42. The lowest BCUT2D eigenvalue weighted by Gasteiger charge is -2.13. The monoisotopic (exact) mass is 316 g/mol. The summed E-state index contributed by atoms with van der Waals surface area (Å²) in [5, 5.41) is 16.6. The van der Waals surface area contributed by atoms with Crippen molar-refractivity contribution in [1.29, 1.82) is 0 Å². The first kappa shape index (κ1) is 16.7. The number of hydrogen-bond donors (Lipinski definition) is 2. The summed E-state index contributed by atoms with van der Waals surface area (Å²) >= 11 is 0. The highest BCUT2D eigenvalue weighted by molar-refractivity contribution is 5.98. The van der Waals surface area contributed by atoms with Crippen molar-refractivity contribution >= 4 is 22.9 Å². The van der Waals surface area contributed by atoms with Gasteiger partial charge in [0.1, 0.15) is 6.04 Å². The summed E-state index contributed by atoms with van der Waals surface area (Å²) in [6.45, 7) is 7.54. The van der Waals surface area contributed by atoms with Crippen LogP contribution in [0.5, 0.6) is 0 Å². The van der Waals surface area contributed by atoms with E-state index < -0.39 is 17.9 Å². The van der Waals surface area contributed by atoms with Crippen LogP contribution in [-0.4, -0.2) is 37.8 Å². The van der Waals surface area contributed by atoms with Gasteiger partial charge in [-0.1, -0.05) is 6.08 Å². The first-order chi connectivity index (χ1) is 10.9. The number of carbonyl (C=O) groups is 2. The van der Waals surface area contributed by atoms with Gasteiger partial charge in [0.2, 0.25) is 0 Å². The van der Waals surface area contributed by atoms with Gasteiger partial charge in [0.15, 0.2) is 5.65 Å². The van der Waals surface area contributed by atoms with Crippen molar-refractivity contribution in [2.45, 2.75) is 38.8 Å². The van der Waals surface area contributed by atoms with Crippen LogP contribution < -0.4 is 5.32 Å². The maximum absolute atomic E-state index is 12.2. The Kier molecular flexibility index (Phi) is 5.10. The minimum atomic E-state index is -1.07. The molecule has 2 aromatic rings. The van der Waals surface area contributed by atoms with Crippen LogP contribution in [0.25, 0.3) is 11.0 Å². The van der Waals surface area contributed by atoms with Crippen LogP contribution in [0.3, 0.4) is 0 Å². The van der Waals surface area contributed by atoms with Crippen LogP contribution in [0.15, 0.2) is 31.1 Å². The summed E-state index contributed by atoms with van der Waals surface area (Å²) in [5.41, 5.74) is 1.00. The molecule has 2 aromatic heterocycles. The molecular weight excluding hydrogens is 296 g/mol. The molecule has 7 nitrogen and oxygen atoms in total. The van der Waals surface area contributed by atoms with E-state index in [0.717, 1.165) is 5.39 Å². The van der Waals surface area contributed by atoms with Gasteiger partial charge in [-0.3, -0.25) is 4.79 Å². The van der Waals surface area contributed by atoms with Crippen LogP contribution in [0.2, 0.25) is 0 Å². The van der Waals surface area contributed by atoms with E-state index in [1.165, 1.54) is 6.20 Å². The Bertz CT molecular complexity index is 736. The third-order valence-electron chi connectivity index (χ3n) is 3.45. The van der Waals surface area contributed by atoms with Crippen molar-refractivity contribution < 1.29 is 14.7 Å². The van der Waals surface area contributed by atoms with Gasteiger partial charge in [-0.2, -0.15) is 5.10 Å². The van der Waals surface area contributed by atoms with Gasteiger partial charge in [0.25, 0.3) is 5.91 Å². The second-order valence-electron chi connectivity index (χ2n) is 5.55. The number of allylic oxidation sites excluding steroid dienone is 1. The van der Waals surface area contributed by atoms with E-state index in [1.807, 2.05) is 13.8 Å². The van der Waals surface area contributed by atoms with Crippen molar-refractivity contribution in [2.24, 2.45) is 0 Å². The summed E-state index contributed by atoms with van der Waals surface area (Å²) in [6.07, 6.45) is 5.51. The van der Waals surface area contributed by atoms with Gasteiger partial charge in [-0.15, -0.1) is 6.58 Å². The predicted molar refractivity (Wildman–Crippen MR) is 86.2 cm³/mol. The molecular formula is C16H20N4O3. The van der Waals surface area contributed by atoms with Crippen molar-refractivity contribution in [3.8, 4) is 0 Å². The van der Waals surface area contributed by atoms with E-state index in [9.17, 15) is 9.59 Å². The van der Waals surface area contributed by atoms with Crippen molar-refractivity contribution in [1.82, 2.24) is 20.1 Å². The zero-order valence-electron chi connectivity index (χ0n) is 13.2. The van der Waals surface area contributed by atoms with Crippen LogP contribution in [0, 0.1) is 0 Å². The quantitative estimate of drug-likeness (QED) is 0.763. The second-order valence-corrected chi connectivity index (χ2v) is 5.55. The number of carbonyl (C=O) groups excluding carboxylic acids is 1. The zero-order chi connectivity index (χ0) is 17.0. The van der Waals surface area contributed by atoms with E-state index in [4.69, 9.17) is 5.11 Å². The average Bonchev–Trinajstić information content (AvgIpc) is 2.94. The van der Waals surface area contributed by atoms with E-state index in [-0.39, 0.29) is 6.04 Å². The minimum absolute atomic E-state index is 0.162. The molecule has 0 spiro atoms. The van der Waals surface area contributed by atoms with Crippen LogP contribution in [-0.2, 0) is 4.79 Å². The van der Waals surface area contributed by atoms with Gasteiger partial charge >= 0.3 is 5.97 Å². The molecule has 0 aromatic carbocycles. The first-order valence-corrected chi connectivity index (χ1v) is 7.42. The Balaban J connectivity index is 2.20. The van der Waals surface area contributed by atoms with Gasteiger partial charge in [0.05, 0.1) is 11.8 Å². The Hall–Kier alpha value is -2.70. The number of aliphatic carboxylic acids is 1. The summed E-state index contributed by atoms with van der Waals surface area (Å²) in [6, 6.07) is 0.875. The maximum Gasteiger partial charge on any atom is 0.326 e. The number of nitrogens with zero attached hydrogens (tertiary/aromatic N) is 3. The maximum atomic E-state index is 12.2. The van der Waals surface area contributed by atoms with Crippen molar-refractivity contribution in [3.63, 3.8) is 0 Å². The fourth-order valence-corrected chi connectivity index (χ4v) is 2.23. The highest BCUT2D eigenvalue weighted by Crippen LogP contribution is 2.16. The molecule has 0 saturated carbocycles. The predicted octanol–water partition coefficient (Wildman–Crippen LogP) is 2.16. The average molecular weight is 316 g/mol. The largest absolute Gasteiger partial charge is 0.480 e. The molecule has 0 bridgehead atoms. The number of hydrogen-bond acceptors (Lipinski definition) is 4. The Labute approximate surface area is 134 Å². The normalized spacial score (nSPS) is 12.3. The van der Waals surface area contributed by atoms with E-state index in [0.29, 0.717) is 24.1 Å². The van der Waals surface area contributed by atoms with Gasteiger partial charge in [-0.05, 0) is 32.8 Å². The molecule has 0 saturated heterocycles. The lowest BCUT2D eigenvalue weighted by atomic mass is 10.1.